The second-order valence-electron chi connectivity index (χ2n) is 4.07. The number of hydrogen-bond acceptors (Lipinski definition) is 2. The van der Waals surface area contributed by atoms with Gasteiger partial charge in [0.1, 0.15) is 5.69 Å². The molecule has 18 heavy (non-hydrogen) atoms. The van der Waals surface area contributed by atoms with Crippen molar-refractivity contribution in [2.24, 2.45) is 14.1 Å². The lowest BCUT2D eigenvalue weighted by Gasteiger charge is -2.06. The molecule has 0 aliphatic carbocycles. The second-order valence-corrected chi connectivity index (χ2v) is 4.48. The van der Waals surface area contributed by atoms with E-state index in [-0.39, 0.29) is 5.69 Å². The van der Waals surface area contributed by atoms with E-state index in [9.17, 15) is 4.79 Å². The van der Waals surface area contributed by atoms with Gasteiger partial charge in [-0.1, -0.05) is 18.5 Å². The molecule has 0 fully saturated rings. The maximum Gasteiger partial charge on any atom is 0.352 e. The Hall–Kier alpha value is -1.75. The number of carboxylic acid groups (broad SMARTS) is 1. The molecular weight excluding hydrogens is 254 g/mol. The molecule has 5 nitrogen and oxygen atoms in total. The van der Waals surface area contributed by atoms with Gasteiger partial charge in [-0.3, -0.25) is 4.68 Å². The van der Waals surface area contributed by atoms with Crippen molar-refractivity contribution in [3.63, 3.8) is 0 Å². The molecule has 2 aromatic rings. The van der Waals surface area contributed by atoms with Crippen LogP contribution < -0.4 is 0 Å². The quantitative estimate of drug-likeness (QED) is 0.929. The molecule has 0 radical (unpaired) electrons. The molecule has 0 spiro atoms. The molecule has 0 aliphatic heterocycles. The molecule has 0 bridgehead atoms. The number of aromatic carboxylic acids is 1. The first kappa shape index (κ1) is 12.7. The zero-order valence-electron chi connectivity index (χ0n) is 10.4. The van der Waals surface area contributed by atoms with Gasteiger partial charge < -0.3 is 9.67 Å². The van der Waals surface area contributed by atoms with E-state index >= 15 is 0 Å². The van der Waals surface area contributed by atoms with Crippen molar-refractivity contribution in [2.75, 3.05) is 0 Å². The van der Waals surface area contributed by atoms with Crippen LogP contribution in [0.15, 0.2) is 12.3 Å². The third-order valence-corrected chi connectivity index (χ3v) is 3.34. The van der Waals surface area contributed by atoms with Gasteiger partial charge in [-0.25, -0.2) is 4.79 Å². The zero-order valence-corrected chi connectivity index (χ0v) is 11.2. The van der Waals surface area contributed by atoms with Gasteiger partial charge in [-0.15, -0.1) is 0 Å². The smallest absolute Gasteiger partial charge is 0.352 e. The first-order valence-electron chi connectivity index (χ1n) is 5.57. The molecule has 2 heterocycles. The minimum absolute atomic E-state index is 0.249. The Morgan fingerprint density at radius 3 is 2.61 bits per heavy atom. The minimum atomic E-state index is -0.947. The van der Waals surface area contributed by atoms with E-state index in [0.717, 1.165) is 23.4 Å². The van der Waals surface area contributed by atoms with Gasteiger partial charge >= 0.3 is 5.97 Å². The summed E-state index contributed by atoms with van der Waals surface area (Å²) in [6.07, 6.45) is 2.28. The number of hydrogen-bond donors (Lipinski definition) is 1. The summed E-state index contributed by atoms with van der Waals surface area (Å²) in [6.45, 7) is 1.98. The Labute approximate surface area is 110 Å². The molecule has 2 aromatic heterocycles. The first-order valence-corrected chi connectivity index (χ1v) is 5.94. The summed E-state index contributed by atoms with van der Waals surface area (Å²) in [6, 6.07) is 1.64. The molecule has 0 unspecified atom stereocenters. The fourth-order valence-electron chi connectivity index (χ4n) is 2.19. The Bertz CT molecular complexity index is 594. The van der Waals surface area contributed by atoms with Gasteiger partial charge in [0.25, 0.3) is 0 Å². The van der Waals surface area contributed by atoms with Gasteiger partial charge in [0, 0.05) is 25.4 Å². The Morgan fingerprint density at radius 1 is 1.50 bits per heavy atom. The fraction of sp³-hybridized carbons (Fsp3) is 0.333. The second kappa shape index (κ2) is 4.49. The number of nitrogens with zero attached hydrogens (tertiary/aromatic N) is 3. The zero-order chi connectivity index (χ0) is 13.4. The van der Waals surface area contributed by atoms with E-state index in [1.165, 1.54) is 0 Å². The van der Waals surface area contributed by atoms with Crippen LogP contribution in [0.4, 0.5) is 0 Å². The average Bonchev–Trinajstić information content (AvgIpc) is 2.79. The topological polar surface area (TPSA) is 60.1 Å². The molecule has 0 saturated heterocycles. The van der Waals surface area contributed by atoms with Crippen molar-refractivity contribution in [1.29, 1.82) is 0 Å². The van der Waals surface area contributed by atoms with Crippen molar-refractivity contribution >= 4 is 17.6 Å². The Morgan fingerprint density at radius 2 is 2.17 bits per heavy atom. The van der Waals surface area contributed by atoms with E-state index in [0.29, 0.717) is 5.02 Å². The highest BCUT2D eigenvalue weighted by Crippen LogP contribution is 2.32. The van der Waals surface area contributed by atoms with E-state index in [1.54, 1.807) is 35.6 Å². The number of aromatic nitrogens is 3. The third kappa shape index (κ3) is 1.80. The average molecular weight is 268 g/mol. The van der Waals surface area contributed by atoms with Crippen LogP contribution in [0.3, 0.4) is 0 Å². The van der Waals surface area contributed by atoms with Crippen molar-refractivity contribution in [3.05, 3.63) is 28.7 Å². The Kier molecular flexibility index (Phi) is 3.17. The molecule has 0 aliphatic rings. The highest BCUT2D eigenvalue weighted by molar-refractivity contribution is 6.33. The number of aryl methyl sites for hydroxylation is 1. The SMILES string of the molecule is CCc1c(-c2c(Cl)cnn2C)cc(C(=O)O)n1C. The van der Waals surface area contributed by atoms with Gasteiger partial charge in [0.05, 0.1) is 16.9 Å². The Balaban J connectivity index is 2.72. The molecule has 0 atom stereocenters. The van der Waals surface area contributed by atoms with Crippen molar-refractivity contribution in [1.82, 2.24) is 14.3 Å². The maximum absolute atomic E-state index is 11.2. The number of rotatable bonds is 3. The summed E-state index contributed by atoms with van der Waals surface area (Å²) in [5, 5.41) is 13.8. The van der Waals surface area contributed by atoms with E-state index < -0.39 is 5.97 Å². The van der Waals surface area contributed by atoms with Crippen LogP contribution in [0.25, 0.3) is 11.3 Å². The first-order chi connectivity index (χ1) is 8.47. The van der Waals surface area contributed by atoms with Gasteiger partial charge in [-0.2, -0.15) is 5.10 Å². The summed E-state index contributed by atoms with van der Waals surface area (Å²) in [5.41, 5.74) is 2.75. The summed E-state index contributed by atoms with van der Waals surface area (Å²) < 4.78 is 3.34. The van der Waals surface area contributed by atoms with Gasteiger partial charge in [-0.05, 0) is 12.5 Å². The van der Waals surface area contributed by atoms with Crippen LogP contribution in [0, 0.1) is 0 Å². The summed E-state index contributed by atoms with van der Waals surface area (Å²) in [7, 11) is 3.53. The predicted molar refractivity (Wildman–Crippen MR) is 69.0 cm³/mol. The normalized spacial score (nSPS) is 10.9. The van der Waals surface area contributed by atoms with Crippen LogP contribution in [0.1, 0.15) is 23.1 Å². The van der Waals surface area contributed by atoms with E-state index in [1.807, 2.05) is 6.92 Å². The fourth-order valence-corrected chi connectivity index (χ4v) is 2.46. The van der Waals surface area contributed by atoms with Crippen LogP contribution in [0.2, 0.25) is 5.02 Å². The summed E-state index contributed by atoms with van der Waals surface area (Å²) in [5.74, 6) is -0.947. The standard InChI is InChI=1S/C12H14ClN3O2/c1-4-9-7(5-10(12(17)18)15(9)2)11-8(13)6-14-16(11)3/h5-6H,4H2,1-3H3,(H,17,18). The molecule has 0 aromatic carbocycles. The van der Waals surface area contributed by atoms with Crippen LogP contribution in [-0.4, -0.2) is 25.4 Å². The molecule has 2 rings (SSSR count). The lowest BCUT2D eigenvalue weighted by atomic mass is 10.1. The lowest BCUT2D eigenvalue weighted by Crippen LogP contribution is -2.06. The largest absolute Gasteiger partial charge is 0.477 e. The van der Waals surface area contributed by atoms with Crippen molar-refractivity contribution < 1.29 is 9.90 Å². The summed E-state index contributed by atoms with van der Waals surface area (Å²) >= 11 is 6.11. The highest BCUT2D eigenvalue weighted by atomic mass is 35.5. The minimum Gasteiger partial charge on any atom is -0.477 e. The molecule has 1 N–H and O–H groups in total. The van der Waals surface area contributed by atoms with Gasteiger partial charge in [0.2, 0.25) is 0 Å². The number of halogens is 1. The number of carboxylic acids is 1. The highest BCUT2D eigenvalue weighted by Gasteiger charge is 2.20. The maximum atomic E-state index is 11.2. The third-order valence-electron chi connectivity index (χ3n) is 3.06. The van der Waals surface area contributed by atoms with Crippen LogP contribution in [-0.2, 0) is 20.5 Å². The summed E-state index contributed by atoms with van der Waals surface area (Å²) in [4.78, 5) is 11.2. The lowest BCUT2D eigenvalue weighted by molar-refractivity contribution is 0.0686. The van der Waals surface area contributed by atoms with Gasteiger partial charge in [0.15, 0.2) is 0 Å². The monoisotopic (exact) mass is 267 g/mol. The molecule has 0 amide bonds. The molecular formula is C12H14ClN3O2. The van der Waals surface area contributed by atoms with Crippen molar-refractivity contribution in [3.8, 4) is 11.3 Å². The predicted octanol–water partition coefficient (Wildman–Crippen LogP) is 2.34. The molecule has 6 heteroatoms. The van der Waals surface area contributed by atoms with Crippen molar-refractivity contribution in [2.45, 2.75) is 13.3 Å². The van der Waals surface area contributed by atoms with E-state index in [2.05, 4.69) is 5.10 Å². The van der Waals surface area contributed by atoms with Crippen LogP contribution >= 0.6 is 11.6 Å². The molecule has 0 saturated carbocycles. The van der Waals surface area contributed by atoms with Crippen LogP contribution in [0.5, 0.6) is 0 Å². The van der Waals surface area contributed by atoms with E-state index in [4.69, 9.17) is 16.7 Å². The number of carbonyl (C=O) groups is 1. The molecule has 96 valence electrons.